The average molecular weight is 645 g/mol. The largest absolute Gasteiger partial charge is 0.462 e. The lowest BCUT2D eigenvalue weighted by Gasteiger charge is -2.61. The van der Waals surface area contributed by atoms with E-state index in [2.05, 4.69) is 43.6 Å². The lowest BCUT2D eigenvalue weighted by molar-refractivity contribution is -0.169. The van der Waals surface area contributed by atoms with Gasteiger partial charge in [0.1, 0.15) is 13.2 Å². The molecule has 5 rings (SSSR count). The number of nitrogens with one attached hydrogen (secondary N) is 1. The van der Waals surface area contributed by atoms with E-state index in [1.807, 2.05) is 6.92 Å². The summed E-state index contributed by atoms with van der Waals surface area (Å²) >= 11 is 0. The Morgan fingerprint density at radius 2 is 1.80 bits per heavy atom. The average Bonchev–Trinajstić information content (AvgIpc) is 3.60. The number of aliphatic hydroxyl groups is 1. The molecule has 0 radical (unpaired) electrons. The second-order valence-corrected chi connectivity index (χ2v) is 15.8. The van der Waals surface area contributed by atoms with Crippen LogP contribution in [0, 0.1) is 63.1 Å². The fourth-order valence-corrected chi connectivity index (χ4v) is 11.8. The highest BCUT2D eigenvalue weighted by molar-refractivity contribution is 5.98. The summed E-state index contributed by atoms with van der Waals surface area (Å²) in [6.07, 6.45) is 9.24. The summed E-state index contributed by atoms with van der Waals surface area (Å²) in [5.74, 6) is -1.51. The molecule has 2 spiro atoms. The van der Waals surface area contributed by atoms with Gasteiger partial charge < -0.3 is 24.3 Å². The molecule has 0 heterocycles. The van der Waals surface area contributed by atoms with Gasteiger partial charge in [-0.05, 0) is 84.0 Å². The third-order valence-electron chi connectivity index (χ3n) is 14.0. The minimum absolute atomic E-state index is 0.144. The molecule has 10 heteroatoms. The fraction of sp³-hybridized carbons (Fsp3) is 0.833. The summed E-state index contributed by atoms with van der Waals surface area (Å²) in [6, 6.07) is 0. The van der Waals surface area contributed by atoms with Crippen LogP contribution >= 0.6 is 0 Å². The number of hydrogen-bond acceptors (Lipinski definition) is 10. The number of ether oxygens (including phenoxy) is 2. The van der Waals surface area contributed by atoms with Crippen LogP contribution in [-0.4, -0.2) is 68.1 Å². The third-order valence-corrected chi connectivity index (χ3v) is 14.0. The summed E-state index contributed by atoms with van der Waals surface area (Å²) in [7, 11) is 3.08. The van der Waals surface area contributed by atoms with Crippen LogP contribution in [0.3, 0.4) is 0 Å². The quantitative estimate of drug-likeness (QED) is 0.225. The highest BCUT2D eigenvalue weighted by Gasteiger charge is 2.81. The van der Waals surface area contributed by atoms with E-state index in [-0.39, 0.29) is 58.4 Å². The number of hydroxylamine groups is 1. The van der Waals surface area contributed by atoms with Gasteiger partial charge in [0.2, 0.25) is 0 Å². The summed E-state index contributed by atoms with van der Waals surface area (Å²) in [5.41, 5.74) is 3.69. The first-order chi connectivity index (χ1) is 21.7. The van der Waals surface area contributed by atoms with Crippen molar-refractivity contribution in [2.24, 2.45) is 68.2 Å². The minimum atomic E-state index is -1.06. The number of oxime groups is 1. The van der Waals surface area contributed by atoms with Crippen molar-refractivity contribution in [3.8, 4) is 0 Å². The Bertz CT molecular complexity index is 1270. The zero-order valence-electron chi connectivity index (χ0n) is 29.3. The fourth-order valence-electron chi connectivity index (χ4n) is 11.8. The maximum Gasteiger partial charge on any atom is 0.303 e. The summed E-state index contributed by atoms with van der Waals surface area (Å²) < 4.78 is 12.1. The highest BCUT2D eigenvalue weighted by Crippen LogP contribution is 2.87. The van der Waals surface area contributed by atoms with Crippen molar-refractivity contribution in [1.82, 2.24) is 5.48 Å². The van der Waals surface area contributed by atoms with E-state index in [1.165, 1.54) is 27.4 Å². The van der Waals surface area contributed by atoms with E-state index in [0.717, 1.165) is 31.4 Å². The Morgan fingerprint density at radius 1 is 1.09 bits per heavy atom. The van der Waals surface area contributed by atoms with Gasteiger partial charge in [0, 0.05) is 50.7 Å². The van der Waals surface area contributed by atoms with Crippen molar-refractivity contribution in [1.29, 1.82) is 0 Å². The first-order valence-corrected chi connectivity index (χ1v) is 17.2. The highest BCUT2D eigenvalue weighted by atomic mass is 16.6. The number of rotatable bonds is 12. The molecule has 5 aliphatic carbocycles. The van der Waals surface area contributed by atoms with Crippen molar-refractivity contribution in [2.75, 3.05) is 27.4 Å². The lowest BCUT2D eigenvalue weighted by atomic mass is 9.43. The number of ketones is 1. The molecule has 0 aromatic carbocycles. The smallest absolute Gasteiger partial charge is 0.303 e. The molecule has 46 heavy (non-hydrogen) atoms. The number of hydrogen-bond donors (Lipinski definition) is 2. The van der Waals surface area contributed by atoms with Crippen LogP contribution in [0.1, 0.15) is 87.0 Å². The van der Waals surface area contributed by atoms with Crippen LogP contribution < -0.4 is 5.48 Å². The first kappa shape index (κ1) is 35.0. The topological polar surface area (TPSA) is 133 Å². The molecular formula is C36H56N2O8. The van der Waals surface area contributed by atoms with Crippen LogP contribution in [0.4, 0.5) is 0 Å². The van der Waals surface area contributed by atoms with Gasteiger partial charge in [0.05, 0.1) is 12.8 Å². The number of nitrogens with zero attached hydrogens (tertiary/aromatic N) is 1. The van der Waals surface area contributed by atoms with Gasteiger partial charge in [0.15, 0.2) is 11.9 Å². The molecule has 0 saturated heterocycles. The molecule has 1 unspecified atom stereocenters. The Labute approximate surface area is 274 Å². The number of allylic oxidation sites excluding steroid dienone is 2. The minimum Gasteiger partial charge on any atom is -0.462 e. The van der Waals surface area contributed by atoms with E-state index >= 15 is 0 Å². The zero-order valence-corrected chi connectivity index (χ0v) is 29.3. The normalized spacial score (nSPS) is 42.4. The predicted molar refractivity (Wildman–Crippen MR) is 172 cm³/mol. The van der Waals surface area contributed by atoms with Gasteiger partial charge in [-0.15, -0.1) is 0 Å². The van der Waals surface area contributed by atoms with E-state index in [0.29, 0.717) is 24.2 Å². The van der Waals surface area contributed by atoms with E-state index in [9.17, 15) is 19.5 Å². The molecule has 4 fully saturated rings. The number of carbonyl (C=O) groups is 3. The number of fused-ring (bicyclic) bond motifs is 2. The van der Waals surface area contributed by atoms with Gasteiger partial charge in [-0.25, -0.2) is 5.48 Å². The van der Waals surface area contributed by atoms with Gasteiger partial charge in [-0.1, -0.05) is 45.9 Å². The van der Waals surface area contributed by atoms with Crippen LogP contribution in [0.5, 0.6) is 0 Å². The van der Waals surface area contributed by atoms with Crippen molar-refractivity contribution in [3.63, 3.8) is 0 Å². The van der Waals surface area contributed by atoms with Crippen molar-refractivity contribution >= 4 is 23.4 Å². The van der Waals surface area contributed by atoms with Gasteiger partial charge in [-0.3, -0.25) is 14.4 Å². The molecule has 0 bridgehead atoms. The second-order valence-electron chi connectivity index (χ2n) is 15.8. The molecule has 4 saturated carbocycles. The number of Topliss-reactive ketones (excluding diaryl/α,β-unsaturated/α-hetero) is 1. The van der Waals surface area contributed by atoms with Crippen LogP contribution in [-0.2, 0) is 33.5 Å². The Morgan fingerprint density at radius 3 is 2.41 bits per heavy atom. The first-order valence-electron chi connectivity index (χ1n) is 17.2. The monoisotopic (exact) mass is 644 g/mol. The molecule has 5 aliphatic rings. The summed E-state index contributed by atoms with van der Waals surface area (Å²) in [4.78, 5) is 49.7. The van der Waals surface area contributed by atoms with Gasteiger partial charge in [-0.2, -0.15) is 0 Å². The molecular weight excluding hydrogens is 588 g/mol. The molecule has 0 amide bonds. The number of esters is 2. The molecule has 0 aromatic rings. The molecule has 13 atom stereocenters. The van der Waals surface area contributed by atoms with Crippen molar-refractivity contribution in [3.05, 3.63) is 12.2 Å². The second kappa shape index (κ2) is 12.6. The Balaban J connectivity index is 1.52. The maximum atomic E-state index is 14.3. The lowest BCUT2D eigenvalue weighted by Crippen LogP contribution is -2.56. The number of carbonyl (C=O) groups excluding carboxylic acids is 3. The van der Waals surface area contributed by atoms with E-state index in [4.69, 9.17) is 19.1 Å². The molecule has 2 N–H and O–H groups in total. The Kier molecular flexibility index (Phi) is 9.61. The SMILES string of the molecule is CON=C1C=C[C@]23C[C@]24CC[C@]2(C)[C@@H]([C@H](C)[C@@H](OC(C)=O)C(=O)C(CNOC)[C@@H](C)CO)[C@@H](OC(C)=O)C[C@@]2(C)[C@@H]4CC[C@H]3[C@@H]1C. The Hall–Kier alpha value is -2.30. The standard InChI is InChI=1S/C36H56N2O8/c1-20(18-39)25(17-37-43-8)31(42)32(46-24(5)41)22(3)30-28(45-23(4)40)16-34(7)29-11-10-26-21(2)27(38-44-9)12-13-35(26)19-36(29,35)15-14-33(30,34)6/h12-13,20-22,25-26,28-30,32,37,39H,10-11,14-19H2,1-9H3/t20-,21-,22-,25?,26-,28-,29-,30-,32+,33+,34-,35+,36-/m0/s1. The summed E-state index contributed by atoms with van der Waals surface area (Å²) in [5, 5.41) is 14.4. The zero-order chi connectivity index (χ0) is 33.8. The van der Waals surface area contributed by atoms with Gasteiger partial charge >= 0.3 is 11.9 Å². The molecule has 0 aliphatic heterocycles. The van der Waals surface area contributed by atoms with Gasteiger partial charge in [0.25, 0.3) is 0 Å². The molecule has 0 aromatic heterocycles. The summed E-state index contributed by atoms with van der Waals surface area (Å²) in [6.45, 7) is 13.6. The predicted octanol–water partition coefficient (Wildman–Crippen LogP) is 4.89. The maximum absolute atomic E-state index is 14.3. The molecule has 10 nitrogen and oxygen atoms in total. The van der Waals surface area contributed by atoms with Crippen molar-refractivity contribution < 1.29 is 38.6 Å². The van der Waals surface area contributed by atoms with E-state index in [1.54, 1.807) is 14.0 Å². The number of aliphatic hydroxyl groups excluding tert-OH is 1. The van der Waals surface area contributed by atoms with Crippen LogP contribution in [0.25, 0.3) is 0 Å². The molecule has 258 valence electrons. The van der Waals surface area contributed by atoms with Crippen LogP contribution in [0.15, 0.2) is 17.3 Å². The van der Waals surface area contributed by atoms with Crippen LogP contribution in [0.2, 0.25) is 0 Å². The third kappa shape index (κ3) is 5.16. The van der Waals surface area contributed by atoms with E-state index < -0.39 is 30.0 Å². The van der Waals surface area contributed by atoms with Crippen molar-refractivity contribution in [2.45, 2.75) is 99.2 Å².